The Morgan fingerprint density at radius 3 is 2.38 bits per heavy atom. The van der Waals surface area contributed by atoms with Gasteiger partial charge in [0.05, 0.1) is 0 Å². The maximum Gasteiger partial charge on any atom is 0.473 e. The summed E-state index contributed by atoms with van der Waals surface area (Å²) in [5.41, 5.74) is 1.18. The molecule has 0 atom stereocenters. The normalized spacial score (nSPS) is 11.3. The molecule has 0 aliphatic rings. The molecule has 0 heterocycles. The molecule has 24 heavy (non-hydrogen) atoms. The van der Waals surface area contributed by atoms with Crippen molar-refractivity contribution < 1.29 is 14.6 Å². The molecule has 0 aliphatic heterocycles. The third kappa shape index (κ3) is 5.40. The number of anilines is 2. The van der Waals surface area contributed by atoms with Crippen LogP contribution >= 0.6 is 0 Å². The molecular formula is C17H27N3O4. The Bertz CT molecular complexity index is 608. The topological polar surface area (TPSA) is 75.9 Å². The van der Waals surface area contributed by atoms with Crippen LogP contribution in [0.15, 0.2) is 18.2 Å². The molecule has 0 spiro atoms. The van der Waals surface area contributed by atoms with Gasteiger partial charge < -0.3 is 9.64 Å². The van der Waals surface area contributed by atoms with Gasteiger partial charge in [0.15, 0.2) is 5.03 Å². The van der Waals surface area contributed by atoms with Crippen molar-refractivity contribution in [2.45, 2.75) is 47.1 Å². The minimum Gasteiger partial charge on any atom is -0.440 e. The highest BCUT2D eigenvalue weighted by Crippen LogP contribution is 2.27. The van der Waals surface area contributed by atoms with Crippen molar-refractivity contribution in [1.29, 1.82) is 0 Å². The summed E-state index contributed by atoms with van der Waals surface area (Å²) in [5.74, 6) is 0.440. The lowest BCUT2D eigenvalue weighted by molar-refractivity contribution is -0.484. The summed E-state index contributed by atoms with van der Waals surface area (Å²) < 4.78 is 5.14. The lowest BCUT2D eigenvalue weighted by Gasteiger charge is -2.25. The summed E-state index contributed by atoms with van der Waals surface area (Å²) >= 11 is 0. The molecule has 0 aliphatic carbocycles. The number of aryl methyl sites for hydroxylation is 1. The first-order chi connectivity index (χ1) is 10.9. The monoisotopic (exact) mass is 337 g/mol. The summed E-state index contributed by atoms with van der Waals surface area (Å²) in [7, 11) is 1.93. The van der Waals surface area contributed by atoms with E-state index >= 15 is 0 Å². The van der Waals surface area contributed by atoms with Gasteiger partial charge in [-0.05, 0) is 51.3 Å². The number of ether oxygens (including phenoxy) is 1. The Morgan fingerprint density at radius 1 is 1.33 bits per heavy atom. The van der Waals surface area contributed by atoms with Crippen molar-refractivity contribution in [1.82, 2.24) is 0 Å². The molecule has 7 nitrogen and oxygen atoms in total. The average Bonchev–Trinajstić information content (AvgIpc) is 2.37. The Labute approximate surface area is 143 Å². The number of hydrazine groups is 1. The van der Waals surface area contributed by atoms with Gasteiger partial charge in [0.1, 0.15) is 11.3 Å². The van der Waals surface area contributed by atoms with Gasteiger partial charge in [-0.25, -0.2) is 14.9 Å². The number of carbonyl (C=O) groups excluding carboxylic acids is 1. The maximum atomic E-state index is 12.2. The number of hydrogen-bond acceptors (Lipinski definition) is 5. The molecule has 134 valence electrons. The Balaban J connectivity index is 3.21. The number of carbonyl (C=O) groups is 1. The third-order valence-corrected chi connectivity index (χ3v) is 3.22. The number of benzene rings is 1. The van der Waals surface area contributed by atoms with Crippen LogP contribution in [0.2, 0.25) is 0 Å². The molecule has 0 saturated carbocycles. The fraction of sp³-hybridized carbons (Fsp3) is 0.588. The Hall–Kier alpha value is -2.31. The van der Waals surface area contributed by atoms with Crippen LogP contribution in [0, 0.1) is 23.0 Å². The minimum absolute atomic E-state index is 0.172. The molecule has 1 amide bonds. The largest absolute Gasteiger partial charge is 0.473 e. The molecular weight excluding hydrogens is 310 g/mol. The van der Waals surface area contributed by atoms with E-state index in [0.29, 0.717) is 10.9 Å². The Morgan fingerprint density at radius 2 is 1.92 bits per heavy atom. The number of nitrogens with zero attached hydrogens (tertiary/aromatic N) is 3. The highest BCUT2D eigenvalue weighted by Gasteiger charge is 2.32. The lowest BCUT2D eigenvalue weighted by atomic mass is 10.1. The molecule has 0 bridgehead atoms. The zero-order chi connectivity index (χ0) is 18.7. The predicted octanol–water partition coefficient (Wildman–Crippen LogP) is 4.02. The van der Waals surface area contributed by atoms with E-state index in [9.17, 15) is 14.9 Å². The highest BCUT2D eigenvalue weighted by molar-refractivity contribution is 5.86. The third-order valence-electron chi connectivity index (χ3n) is 3.22. The van der Waals surface area contributed by atoms with Crippen molar-refractivity contribution >= 4 is 17.5 Å². The van der Waals surface area contributed by atoms with Crippen LogP contribution in [0.1, 0.15) is 40.2 Å². The minimum atomic E-state index is -1.01. The van der Waals surface area contributed by atoms with Gasteiger partial charge in [-0.2, -0.15) is 0 Å². The maximum absolute atomic E-state index is 12.2. The second kappa shape index (κ2) is 7.51. The molecule has 0 fully saturated rings. The molecule has 1 rings (SSSR count). The molecule has 1 aromatic rings. The van der Waals surface area contributed by atoms with E-state index in [4.69, 9.17) is 4.74 Å². The highest BCUT2D eigenvalue weighted by atomic mass is 16.7. The van der Waals surface area contributed by atoms with Gasteiger partial charge in [-0.1, -0.05) is 19.9 Å². The van der Waals surface area contributed by atoms with Crippen LogP contribution in [0.25, 0.3) is 0 Å². The summed E-state index contributed by atoms with van der Waals surface area (Å²) in [6.07, 6.45) is -1.01. The van der Waals surface area contributed by atoms with E-state index in [1.807, 2.05) is 18.9 Å². The zero-order valence-electron chi connectivity index (χ0n) is 15.5. The number of amides is 1. The van der Waals surface area contributed by atoms with Crippen molar-refractivity contribution in [2.75, 3.05) is 23.5 Å². The van der Waals surface area contributed by atoms with Gasteiger partial charge in [0.25, 0.3) is 0 Å². The van der Waals surface area contributed by atoms with Crippen LogP contribution in [0.3, 0.4) is 0 Å². The molecule has 0 N–H and O–H groups in total. The smallest absolute Gasteiger partial charge is 0.440 e. The zero-order valence-corrected chi connectivity index (χ0v) is 15.5. The van der Waals surface area contributed by atoms with Gasteiger partial charge in [0.2, 0.25) is 0 Å². The standard InChI is InChI=1S/C17H27N3O4/c1-12(2)11-18(7)15-10-14(9-8-13(15)3)19(20(22)23)16(21)24-17(4,5)6/h8-10,12H,11H2,1-7H3. The SMILES string of the molecule is Cc1ccc(N(C(=O)OC(C)(C)C)[N+](=O)[O-])cc1N(C)CC(C)C. The average molecular weight is 337 g/mol. The molecule has 0 aromatic heterocycles. The van der Waals surface area contributed by atoms with Gasteiger partial charge >= 0.3 is 6.09 Å². The number of hydrogen-bond donors (Lipinski definition) is 0. The quantitative estimate of drug-likeness (QED) is 0.599. The van der Waals surface area contributed by atoms with Crippen LogP contribution in [-0.4, -0.2) is 30.3 Å². The first kappa shape index (κ1) is 19.7. The van der Waals surface area contributed by atoms with Crippen molar-refractivity contribution in [3.05, 3.63) is 33.9 Å². The van der Waals surface area contributed by atoms with Crippen LogP contribution in [0.4, 0.5) is 16.2 Å². The van der Waals surface area contributed by atoms with E-state index in [2.05, 4.69) is 13.8 Å². The lowest BCUT2D eigenvalue weighted by Crippen LogP contribution is -2.40. The van der Waals surface area contributed by atoms with Crippen LogP contribution in [-0.2, 0) is 4.74 Å². The van der Waals surface area contributed by atoms with Crippen molar-refractivity contribution in [3.63, 3.8) is 0 Å². The van der Waals surface area contributed by atoms with Gasteiger partial charge in [0, 0.05) is 24.3 Å². The summed E-state index contributed by atoms with van der Waals surface area (Å²) in [6, 6.07) is 4.96. The van der Waals surface area contributed by atoms with Crippen LogP contribution < -0.4 is 9.91 Å². The van der Waals surface area contributed by atoms with E-state index in [1.54, 1.807) is 39.0 Å². The molecule has 0 radical (unpaired) electrons. The number of rotatable bonds is 5. The van der Waals surface area contributed by atoms with Crippen molar-refractivity contribution in [2.24, 2.45) is 5.92 Å². The Kier molecular flexibility index (Phi) is 6.17. The summed E-state index contributed by atoms with van der Waals surface area (Å²) in [5, 5.41) is 11.1. The molecule has 0 unspecified atom stereocenters. The first-order valence-corrected chi connectivity index (χ1v) is 7.91. The number of nitro groups is 1. The predicted molar refractivity (Wildman–Crippen MR) is 95.0 cm³/mol. The fourth-order valence-electron chi connectivity index (χ4n) is 2.36. The van der Waals surface area contributed by atoms with Gasteiger partial charge in [-0.3, -0.25) is 0 Å². The van der Waals surface area contributed by atoms with E-state index in [-0.39, 0.29) is 5.69 Å². The molecule has 7 heteroatoms. The van der Waals surface area contributed by atoms with E-state index in [0.717, 1.165) is 17.8 Å². The first-order valence-electron chi connectivity index (χ1n) is 7.91. The second-order valence-corrected chi connectivity index (χ2v) is 7.28. The van der Waals surface area contributed by atoms with Gasteiger partial charge in [-0.15, -0.1) is 0 Å². The van der Waals surface area contributed by atoms with Crippen molar-refractivity contribution in [3.8, 4) is 0 Å². The molecule has 1 aromatic carbocycles. The molecule has 0 saturated heterocycles. The fourth-order valence-corrected chi connectivity index (χ4v) is 2.36. The van der Waals surface area contributed by atoms with Crippen LogP contribution in [0.5, 0.6) is 0 Å². The van der Waals surface area contributed by atoms with E-state index < -0.39 is 16.7 Å². The summed E-state index contributed by atoms with van der Waals surface area (Å²) in [6.45, 7) is 11.9. The van der Waals surface area contributed by atoms with E-state index in [1.165, 1.54) is 0 Å². The second-order valence-electron chi connectivity index (χ2n) is 7.28. The summed E-state index contributed by atoms with van der Waals surface area (Å²) in [4.78, 5) is 25.6.